The summed E-state index contributed by atoms with van der Waals surface area (Å²) >= 11 is 2.19. The maximum absolute atomic E-state index is 11.1. The van der Waals surface area contributed by atoms with Gasteiger partial charge in [-0.3, -0.25) is 4.55 Å². The van der Waals surface area contributed by atoms with Crippen molar-refractivity contribution in [1.29, 1.82) is 0 Å². The summed E-state index contributed by atoms with van der Waals surface area (Å²) in [4.78, 5) is 22.9. The van der Waals surface area contributed by atoms with Crippen molar-refractivity contribution in [3.05, 3.63) is 39.4 Å². The molecule has 0 fully saturated rings. The zero-order chi connectivity index (χ0) is 31.7. The van der Waals surface area contributed by atoms with Crippen LogP contribution in [-0.2, 0) is 27.9 Å². The van der Waals surface area contributed by atoms with E-state index in [4.69, 9.17) is 74.8 Å². The van der Waals surface area contributed by atoms with E-state index in [1.165, 1.54) is 30.5 Å². The molecule has 0 amide bonds. The Morgan fingerprint density at radius 1 is 0.925 bits per heavy atom. The highest BCUT2D eigenvalue weighted by molar-refractivity contribution is 8.15. The van der Waals surface area contributed by atoms with Crippen molar-refractivity contribution in [2.24, 2.45) is 0 Å². The molecule has 2 heterocycles. The first-order valence-electron chi connectivity index (χ1n) is 10.7. The predicted molar refractivity (Wildman–Crippen MR) is 174 cm³/mol. The smallest absolute Gasteiger partial charge is 0.353 e. The largest absolute Gasteiger partial charge is 0.462 e. The second kappa shape index (κ2) is 21.2. The zero-order valence-corrected chi connectivity index (χ0v) is 26.0. The van der Waals surface area contributed by atoms with Crippen LogP contribution in [-0.4, -0.2) is 126 Å². The van der Waals surface area contributed by atoms with Gasteiger partial charge in [-0.25, -0.2) is 18.0 Å². The van der Waals surface area contributed by atoms with Gasteiger partial charge in [0.2, 0.25) is 0 Å². The first-order chi connectivity index (χ1) is 18.3. The van der Waals surface area contributed by atoms with E-state index in [1.807, 2.05) is 11.4 Å². The molecule has 197 valence electrons. The van der Waals surface area contributed by atoms with Gasteiger partial charge in [-0.15, -0.1) is 22.7 Å². The van der Waals surface area contributed by atoms with Gasteiger partial charge in [0.1, 0.15) is 14.0 Å². The summed E-state index contributed by atoms with van der Waals surface area (Å²) in [5.41, 5.74) is 0. The summed E-state index contributed by atoms with van der Waals surface area (Å²) in [6, 6.07) is 6.23. The number of rotatable bonds is 9. The maximum Gasteiger partial charge on any atom is 0.353 e. The number of esters is 2. The lowest BCUT2D eigenvalue weighted by molar-refractivity contribution is 0.0522. The molecule has 40 heavy (non-hydrogen) atoms. The van der Waals surface area contributed by atoms with Gasteiger partial charge >= 0.3 is 21.3 Å². The lowest BCUT2D eigenvalue weighted by Gasteiger charge is -2.25. The van der Waals surface area contributed by atoms with Crippen LogP contribution in [0.4, 0.5) is 0 Å². The van der Waals surface area contributed by atoms with Crippen LogP contribution in [0.1, 0.15) is 33.2 Å². The summed E-state index contributed by atoms with van der Waals surface area (Å²) in [6.07, 6.45) is -2.15. The highest BCUT2D eigenvalue weighted by atomic mass is 35.7. The number of carbonyl (C=O) groups is 2. The van der Waals surface area contributed by atoms with E-state index in [2.05, 4.69) is 15.4 Å². The third kappa shape index (κ3) is 20.4. The van der Waals surface area contributed by atoms with E-state index in [1.54, 1.807) is 19.9 Å². The Kier molecular flexibility index (Phi) is 22.1. The van der Waals surface area contributed by atoms with Gasteiger partial charge in [-0.1, -0.05) is 6.07 Å². The van der Waals surface area contributed by atoms with Crippen LogP contribution in [0.25, 0.3) is 0 Å². The van der Waals surface area contributed by atoms with E-state index in [0.29, 0.717) is 11.5 Å². The minimum absolute atomic E-state index is 0.0535. The summed E-state index contributed by atoms with van der Waals surface area (Å²) < 4.78 is 56.3. The third-order valence-electron chi connectivity index (χ3n) is 3.85. The summed E-state index contributed by atoms with van der Waals surface area (Å²) in [6.45, 7) is 4.16. The molecule has 26 heteroatoms. The van der Waals surface area contributed by atoms with Crippen LogP contribution >= 0.6 is 44.0 Å². The van der Waals surface area contributed by atoms with E-state index in [-0.39, 0.29) is 28.0 Å². The highest BCUT2D eigenvalue weighted by Gasteiger charge is 2.26. The zero-order valence-electron chi connectivity index (χ0n) is 21.3. The van der Waals surface area contributed by atoms with Gasteiger partial charge in [-0.2, -0.15) is 8.42 Å². The van der Waals surface area contributed by atoms with Crippen LogP contribution in [0, 0.1) is 0 Å². The predicted octanol–water partition coefficient (Wildman–Crippen LogP) is -0.384. The van der Waals surface area contributed by atoms with Crippen LogP contribution in [0.15, 0.2) is 33.9 Å². The molecule has 0 aromatic carbocycles. The molecule has 0 spiro atoms. The lowest BCUT2D eigenvalue weighted by Crippen LogP contribution is -2.63. The van der Waals surface area contributed by atoms with Crippen molar-refractivity contribution < 1.29 is 40.5 Å². The summed E-state index contributed by atoms with van der Waals surface area (Å²) in [5, 5.41) is 1.85. The standard InChI is InChI=1S/C7H7ClO4S2.C7H8O2S.B11.ClHO3S/c1-2-12-7(9)5-3-4-6(13-5)14(8,10)11;1-2-9-7(8)6-4-3-5-10-6;1-7-10(6)11(8(2)3)9(4)5;1-5(2,3)4/h3-4H,2H2,1H3;3-5H,2H2,1H3;;(H,2,3,4). The fraction of sp³-hybridized carbons (Fsp3) is 0.286. The monoisotopic (exact) mass is 647 g/mol. The average molecular weight is 646 g/mol. The van der Waals surface area contributed by atoms with Gasteiger partial charge in [0, 0.05) is 100 Å². The molecule has 0 bridgehead atoms. The molecule has 2 rings (SSSR count). The quantitative estimate of drug-likeness (QED) is 0.167. The molecule has 2 aromatic rings. The van der Waals surface area contributed by atoms with Gasteiger partial charge < -0.3 is 9.47 Å². The van der Waals surface area contributed by atoms with Gasteiger partial charge in [0.15, 0.2) is 0 Å². The SMILES string of the molecule is CCOC(=O)c1ccc(S(=O)(=O)Cl)s1.CCOC(=O)c1cccs1.O=S(=O)(O)Cl.[B][B]B([B])B(B([B])[B])B([B])[B]. The van der Waals surface area contributed by atoms with E-state index in [0.717, 1.165) is 11.3 Å². The molecule has 0 saturated heterocycles. The van der Waals surface area contributed by atoms with E-state index < -0.39 is 43.5 Å². The molecule has 0 aliphatic rings. The topological polar surface area (TPSA) is 141 Å². The van der Waals surface area contributed by atoms with Crippen LogP contribution in [0.2, 0.25) is 0 Å². The number of hydrogen-bond acceptors (Lipinski definition) is 10. The van der Waals surface area contributed by atoms with E-state index >= 15 is 0 Å². The Morgan fingerprint density at radius 3 is 1.65 bits per heavy atom. The second-order valence-corrected chi connectivity index (χ2v) is 13.7. The molecule has 0 unspecified atom stereocenters. The molecular formula is C14H16B11Cl2O9S4. The Bertz CT molecular complexity index is 1200. The molecule has 0 saturated carbocycles. The molecule has 0 aliphatic carbocycles. The van der Waals surface area contributed by atoms with Crippen molar-refractivity contribution in [1.82, 2.24) is 0 Å². The Hall–Kier alpha value is -0.506. The molecule has 0 atom stereocenters. The lowest BCUT2D eigenvalue weighted by atomic mass is 8.56. The maximum atomic E-state index is 11.1. The van der Waals surface area contributed by atoms with Crippen LogP contribution in [0.3, 0.4) is 0 Å². The number of ether oxygens (including phenoxy) is 2. The molecule has 2 aromatic heterocycles. The Morgan fingerprint density at radius 2 is 1.38 bits per heavy atom. The molecule has 9 nitrogen and oxygen atoms in total. The van der Waals surface area contributed by atoms with Crippen molar-refractivity contribution in [3.8, 4) is 0 Å². The van der Waals surface area contributed by atoms with Crippen molar-refractivity contribution in [2.75, 3.05) is 13.2 Å². The van der Waals surface area contributed by atoms with Crippen molar-refractivity contribution >= 4 is 153 Å². The van der Waals surface area contributed by atoms with Gasteiger partial charge in [0.25, 0.3) is 9.05 Å². The number of carbonyl (C=O) groups excluding carboxylic acids is 2. The minimum atomic E-state index is -4.19. The molecule has 13 radical (unpaired) electrons. The number of hydrogen-bond donors (Lipinski definition) is 1. The fourth-order valence-electron chi connectivity index (χ4n) is 2.26. The van der Waals surface area contributed by atoms with Gasteiger partial charge in [0.05, 0.1) is 13.2 Å². The second-order valence-electron chi connectivity index (χ2n) is 6.89. The van der Waals surface area contributed by atoms with Crippen molar-refractivity contribution in [2.45, 2.75) is 18.1 Å². The Balaban J connectivity index is 0. The highest BCUT2D eigenvalue weighted by Crippen LogP contribution is 2.25. The number of halogens is 2. The van der Waals surface area contributed by atoms with Crippen LogP contribution in [0.5, 0.6) is 0 Å². The normalized spacial score (nSPS) is 10.0. The summed E-state index contributed by atoms with van der Waals surface area (Å²) in [5.74, 6) is -0.762. The Labute approximate surface area is 262 Å². The molecule has 1 N–H and O–H groups in total. The average Bonchev–Trinajstić information content (AvgIpc) is 3.51. The molecular weight excluding hydrogens is 630 g/mol. The first-order valence-corrected chi connectivity index (χ1v) is 17.0. The molecule has 0 aliphatic heterocycles. The van der Waals surface area contributed by atoms with Crippen LogP contribution < -0.4 is 0 Å². The first kappa shape index (κ1) is 41.6. The summed E-state index contributed by atoms with van der Waals surface area (Å²) in [7, 11) is 34.7. The van der Waals surface area contributed by atoms with E-state index in [9.17, 15) is 18.0 Å². The van der Waals surface area contributed by atoms with Crippen molar-refractivity contribution in [3.63, 3.8) is 0 Å². The van der Waals surface area contributed by atoms with Gasteiger partial charge in [-0.05, 0) is 37.4 Å². The fourth-order valence-corrected chi connectivity index (χ4v) is 4.84. The third-order valence-corrected chi connectivity index (χ3v) is 7.86. The number of thiophene rings is 2. The minimum Gasteiger partial charge on any atom is -0.462 e.